The first-order chi connectivity index (χ1) is 26.5. The monoisotopic (exact) mass is 708 g/mol. The van der Waals surface area contributed by atoms with Crippen LogP contribution < -0.4 is 4.90 Å². The Morgan fingerprint density at radius 2 is 1.09 bits per heavy atom. The summed E-state index contributed by atoms with van der Waals surface area (Å²) in [4.78, 5) is 2.38. The molecule has 0 bridgehead atoms. The highest BCUT2D eigenvalue weighted by atomic mass is 32.1. The van der Waals surface area contributed by atoms with Crippen LogP contribution in [0.3, 0.4) is 0 Å². The van der Waals surface area contributed by atoms with Gasteiger partial charge in [-0.15, -0.1) is 11.3 Å². The number of rotatable bonds is 5. The molecule has 8 aromatic carbocycles. The molecule has 2 nitrogen and oxygen atoms in total. The fourth-order valence-electron chi connectivity index (χ4n) is 8.97. The van der Waals surface area contributed by atoms with Gasteiger partial charge in [-0.3, -0.25) is 0 Å². The second kappa shape index (κ2) is 11.8. The summed E-state index contributed by atoms with van der Waals surface area (Å²) in [7, 11) is 0. The summed E-state index contributed by atoms with van der Waals surface area (Å²) in [6.07, 6.45) is 0. The molecule has 0 fully saturated rings. The molecule has 3 heteroatoms. The van der Waals surface area contributed by atoms with Crippen LogP contribution in [-0.2, 0) is 5.41 Å². The van der Waals surface area contributed by atoms with E-state index >= 15 is 0 Å². The zero-order chi connectivity index (χ0) is 36.0. The average molecular weight is 709 g/mol. The minimum absolute atomic E-state index is 0.0651. The molecule has 1 aliphatic carbocycles. The standard InChI is InChI=1S/C51H36N2S/c1-51(2)44-17-9-6-14-39(44)40-29-28-38(32-45(40)51)52(35-12-4-3-5-13-35)36-24-20-33(21-25-36)34-22-26-37(27-23-34)53-46-18-10-7-16-43(46)49-47(53)31-30-42-41-15-8-11-19-48(41)54-50(42)49/h3-32H,1-2H3. The lowest BCUT2D eigenvalue weighted by atomic mass is 9.82. The van der Waals surface area contributed by atoms with Crippen LogP contribution in [0.25, 0.3) is 69.9 Å². The van der Waals surface area contributed by atoms with Gasteiger partial charge in [0.2, 0.25) is 0 Å². The van der Waals surface area contributed by atoms with Gasteiger partial charge in [0.1, 0.15) is 0 Å². The molecule has 0 saturated carbocycles. The van der Waals surface area contributed by atoms with E-state index in [2.05, 4.69) is 205 Å². The molecule has 256 valence electrons. The van der Waals surface area contributed by atoms with Gasteiger partial charge in [-0.05, 0) is 100 Å². The van der Waals surface area contributed by atoms with Gasteiger partial charge in [-0.1, -0.05) is 129 Å². The first-order valence-corrected chi connectivity index (χ1v) is 19.5. The van der Waals surface area contributed by atoms with E-state index in [-0.39, 0.29) is 5.41 Å². The summed E-state index contributed by atoms with van der Waals surface area (Å²) in [6, 6.07) is 66.8. The average Bonchev–Trinajstić information content (AvgIpc) is 3.84. The molecule has 2 aromatic heterocycles. The third-order valence-electron chi connectivity index (χ3n) is 11.6. The van der Waals surface area contributed by atoms with Crippen molar-refractivity contribution in [3.63, 3.8) is 0 Å². The Bertz CT molecular complexity index is 3060. The summed E-state index contributed by atoms with van der Waals surface area (Å²) in [5, 5.41) is 5.30. The molecule has 0 aliphatic heterocycles. The number of benzene rings is 8. The lowest BCUT2D eigenvalue weighted by Gasteiger charge is -2.28. The fraction of sp³-hybridized carbons (Fsp3) is 0.0588. The second-order valence-corrected chi connectivity index (χ2v) is 16.0. The minimum atomic E-state index is -0.0651. The highest BCUT2D eigenvalue weighted by Crippen LogP contribution is 2.51. The van der Waals surface area contributed by atoms with E-state index in [0.29, 0.717) is 0 Å². The third-order valence-corrected chi connectivity index (χ3v) is 12.8. The second-order valence-electron chi connectivity index (χ2n) is 15.0. The highest BCUT2D eigenvalue weighted by Gasteiger charge is 2.35. The molecule has 0 radical (unpaired) electrons. The fourth-order valence-corrected chi connectivity index (χ4v) is 10.2. The van der Waals surface area contributed by atoms with Crippen LogP contribution in [0, 0.1) is 0 Å². The largest absolute Gasteiger partial charge is 0.310 e. The molecule has 0 spiro atoms. The number of thiophene rings is 1. The predicted octanol–water partition coefficient (Wildman–Crippen LogP) is 14.6. The van der Waals surface area contributed by atoms with Crippen LogP contribution in [0.4, 0.5) is 17.1 Å². The van der Waals surface area contributed by atoms with Crippen molar-refractivity contribution in [2.24, 2.45) is 0 Å². The molecule has 0 saturated heterocycles. The molecular formula is C51H36N2S. The summed E-state index contributed by atoms with van der Waals surface area (Å²) < 4.78 is 5.12. The molecule has 1 aliphatic rings. The predicted molar refractivity (Wildman–Crippen MR) is 231 cm³/mol. The zero-order valence-electron chi connectivity index (χ0n) is 30.1. The van der Waals surface area contributed by atoms with E-state index in [1.165, 1.54) is 81.0 Å². The van der Waals surface area contributed by atoms with Crippen molar-refractivity contribution in [3.05, 3.63) is 193 Å². The van der Waals surface area contributed by atoms with Gasteiger partial charge in [-0.2, -0.15) is 0 Å². The van der Waals surface area contributed by atoms with Crippen molar-refractivity contribution in [3.8, 4) is 27.9 Å². The number of nitrogens with zero attached hydrogens (tertiary/aromatic N) is 2. The van der Waals surface area contributed by atoms with Crippen LogP contribution in [0.1, 0.15) is 25.0 Å². The van der Waals surface area contributed by atoms with Gasteiger partial charge in [0.15, 0.2) is 0 Å². The van der Waals surface area contributed by atoms with Gasteiger partial charge in [-0.25, -0.2) is 0 Å². The van der Waals surface area contributed by atoms with E-state index in [4.69, 9.17) is 0 Å². The summed E-state index contributed by atoms with van der Waals surface area (Å²) >= 11 is 1.90. The molecule has 10 aromatic rings. The Labute approximate surface area is 318 Å². The number of anilines is 3. The van der Waals surface area contributed by atoms with Crippen molar-refractivity contribution in [2.75, 3.05) is 4.90 Å². The van der Waals surface area contributed by atoms with Crippen LogP contribution >= 0.6 is 11.3 Å². The van der Waals surface area contributed by atoms with Crippen LogP contribution in [0.15, 0.2) is 182 Å². The minimum Gasteiger partial charge on any atom is -0.310 e. The molecule has 11 rings (SSSR count). The maximum atomic E-state index is 2.43. The highest BCUT2D eigenvalue weighted by molar-refractivity contribution is 7.26. The van der Waals surface area contributed by atoms with Gasteiger partial charge >= 0.3 is 0 Å². The molecule has 0 atom stereocenters. The van der Waals surface area contributed by atoms with Crippen LogP contribution in [0.2, 0.25) is 0 Å². The third kappa shape index (κ3) is 4.58. The first kappa shape index (κ1) is 31.1. The van der Waals surface area contributed by atoms with E-state index < -0.39 is 0 Å². The Morgan fingerprint density at radius 3 is 1.91 bits per heavy atom. The lowest BCUT2D eigenvalue weighted by molar-refractivity contribution is 0.660. The number of para-hydroxylation sites is 2. The number of hydrogen-bond donors (Lipinski definition) is 0. The van der Waals surface area contributed by atoms with E-state index in [1.54, 1.807) is 0 Å². The summed E-state index contributed by atoms with van der Waals surface area (Å²) in [6.45, 7) is 4.69. The Hall–Kier alpha value is -6.42. The van der Waals surface area contributed by atoms with Crippen molar-refractivity contribution in [2.45, 2.75) is 19.3 Å². The molecule has 0 unspecified atom stereocenters. The van der Waals surface area contributed by atoms with Crippen molar-refractivity contribution in [1.29, 1.82) is 0 Å². The Morgan fingerprint density at radius 1 is 0.463 bits per heavy atom. The van der Waals surface area contributed by atoms with Gasteiger partial charge in [0.25, 0.3) is 0 Å². The molecule has 54 heavy (non-hydrogen) atoms. The lowest BCUT2D eigenvalue weighted by Crippen LogP contribution is -2.16. The molecule has 0 N–H and O–H groups in total. The summed E-state index contributed by atoms with van der Waals surface area (Å²) in [5.74, 6) is 0. The summed E-state index contributed by atoms with van der Waals surface area (Å²) in [5.41, 5.74) is 14.8. The molecular weight excluding hydrogens is 673 g/mol. The number of aromatic nitrogens is 1. The number of hydrogen-bond acceptors (Lipinski definition) is 2. The van der Waals surface area contributed by atoms with Gasteiger partial charge < -0.3 is 9.47 Å². The molecule has 0 amide bonds. The van der Waals surface area contributed by atoms with Crippen LogP contribution in [-0.4, -0.2) is 4.57 Å². The smallest absolute Gasteiger partial charge is 0.0555 e. The van der Waals surface area contributed by atoms with Crippen molar-refractivity contribution >= 4 is 70.4 Å². The van der Waals surface area contributed by atoms with E-state index in [1.807, 2.05) is 11.3 Å². The number of fused-ring (bicyclic) bond motifs is 10. The van der Waals surface area contributed by atoms with Crippen molar-refractivity contribution < 1.29 is 0 Å². The van der Waals surface area contributed by atoms with Crippen LogP contribution in [0.5, 0.6) is 0 Å². The molecule has 2 heterocycles. The van der Waals surface area contributed by atoms with Gasteiger partial charge in [0, 0.05) is 59.1 Å². The normalized spacial score (nSPS) is 13.1. The van der Waals surface area contributed by atoms with E-state index in [9.17, 15) is 0 Å². The van der Waals surface area contributed by atoms with Crippen molar-refractivity contribution in [1.82, 2.24) is 4.57 Å². The topological polar surface area (TPSA) is 8.17 Å². The first-order valence-electron chi connectivity index (χ1n) is 18.7. The Kier molecular flexibility index (Phi) is 6.80. The quantitative estimate of drug-likeness (QED) is 0.173. The maximum absolute atomic E-state index is 2.43. The Balaban J connectivity index is 0.965. The van der Waals surface area contributed by atoms with E-state index in [0.717, 1.165) is 17.1 Å². The zero-order valence-corrected chi connectivity index (χ0v) is 30.9. The van der Waals surface area contributed by atoms with Gasteiger partial charge in [0.05, 0.1) is 11.0 Å². The maximum Gasteiger partial charge on any atom is 0.0555 e. The SMILES string of the molecule is CC1(C)c2ccccc2-c2ccc(N(c3ccccc3)c3ccc(-c4ccc(-n5c6ccccc6c6c7sc8ccccc8c7ccc65)cc4)cc3)cc21.